The Labute approximate surface area is 209 Å². The van der Waals surface area contributed by atoms with Crippen molar-refractivity contribution in [3.63, 3.8) is 0 Å². The number of nitrogens with two attached hydrogens (primary N) is 3. The molecule has 14 N–H and O–H groups in total. The van der Waals surface area contributed by atoms with Crippen LogP contribution in [0, 0.1) is 0 Å². The minimum absolute atomic E-state index is 0.686. The maximum absolute atomic E-state index is 10.9. The molecule has 0 amide bonds. The van der Waals surface area contributed by atoms with Gasteiger partial charge in [0.05, 0.1) is 37.9 Å². The highest BCUT2D eigenvalue weighted by Gasteiger charge is 2.56. The van der Waals surface area contributed by atoms with E-state index in [1.165, 1.54) is 0 Å². The first-order valence-electron chi connectivity index (χ1n) is 11.3. The predicted molar refractivity (Wildman–Crippen MR) is 115 cm³/mol. The number of aliphatic hydroxyl groups excluding tert-OH is 8. The van der Waals surface area contributed by atoms with Crippen molar-refractivity contribution in [3.05, 3.63) is 10.4 Å². The lowest BCUT2D eigenvalue weighted by Gasteiger charge is -2.50. The Hall–Kier alpha value is -1.33. The van der Waals surface area contributed by atoms with Gasteiger partial charge in [-0.05, 0) is 5.53 Å². The summed E-state index contributed by atoms with van der Waals surface area (Å²) >= 11 is 0. The van der Waals surface area contributed by atoms with Crippen molar-refractivity contribution in [2.75, 3.05) is 19.8 Å². The van der Waals surface area contributed by atoms with E-state index in [1.807, 2.05) is 0 Å². The zero-order chi connectivity index (χ0) is 27.7. The highest BCUT2D eigenvalue weighted by Crippen LogP contribution is 2.34. The Morgan fingerprint density at radius 3 is 1.84 bits per heavy atom. The van der Waals surface area contributed by atoms with Gasteiger partial charge in [0.1, 0.15) is 48.8 Å². The zero-order valence-electron chi connectivity index (χ0n) is 19.4. The van der Waals surface area contributed by atoms with Crippen LogP contribution in [-0.2, 0) is 23.7 Å². The first-order valence-corrected chi connectivity index (χ1v) is 11.3. The highest BCUT2D eigenvalue weighted by molar-refractivity contribution is 5.02. The topological polar surface area (TPSA) is 335 Å². The highest BCUT2D eigenvalue weighted by atomic mass is 16.7. The standard InChI is InChI=1S/C18H34N6O13/c19-6-9(28)12(4(1-25)33-15(6)32)35-16-7(20)10(29)13(5(2-26)34-16)36-17-8(21)11(30)14(31)18(3-27,37-17)23-24-22/h4-17,25-32H,1-3,19-21H2/t4-,5-,6-,7-,8-,9-,10-,11-,12?,13?,14+,15-,16+,17+,18-/m1/s1. The number of azide groups is 1. The number of nitrogens with zero attached hydrogens (tertiary/aromatic N) is 3. The van der Waals surface area contributed by atoms with Crippen LogP contribution < -0.4 is 17.2 Å². The zero-order valence-corrected chi connectivity index (χ0v) is 19.4. The van der Waals surface area contributed by atoms with E-state index < -0.39 is 111 Å². The number of hydrogen-bond donors (Lipinski definition) is 11. The van der Waals surface area contributed by atoms with Gasteiger partial charge in [0.15, 0.2) is 18.9 Å². The normalized spacial score (nSPS) is 50.9. The third kappa shape index (κ3) is 5.69. The van der Waals surface area contributed by atoms with Crippen LogP contribution in [0.5, 0.6) is 0 Å². The predicted octanol–water partition coefficient (Wildman–Crippen LogP) is -7.04. The molecule has 3 saturated heterocycles. The number of hydrogen-bond acceptors (Lipinski definition) is 17. The Morgan fingerprint density at radius 1 is 0.784 bits per heavy atom. The van der Waals surface area contributed by atoms with Crippen molar-refractivity contribution in [3.8, 4) is 0 Å². The fourth-order valence-electron chi connectivity index (χ4n) is 4.38. The summed E-state index contributed by atoms with van der Waals surface area (Å²) in [7, 11) is 0. The van der Waals surface area contributed by atoms with E-state index in [9.17, 15) is 40.9 Å². The summed E-state index contributed by atoms with van der Waals surface area (Å²) in [6.45, 7) is -2.54. The first kappa shape index (κ1) is 30.2. The molecule has 2 unspecified atom stereocenters. The molecular formula is C18H34N6O13. The van der Waals surface area contributed by atoms with Crippen molar-refractivity contribution in [2.45, 2.75) is 91.6 Å². The van der Waals surface area contributed by atoms with Gasteiger partial charge < -0.3 is 81.7 Å². The molecule has 15 atom stereocenters. The second kappa shape index (κ2) is 12.2. The van der Waals surface area contributed by atoms with Gasteiger partial charge >= 0.3 is 0 Å². The van der Waals surface area contributed by atoms with Crippen LogP contribution in [0.4, 0.5) is 0 Å². The second-order valence-corrected chi connectivity index (χ2v) is 9.00. The van der Waals surface area contributed by atoms with Gasteiger partial charge in [0.2, 0.25) is 5.72 Å². The van der Waals surface area contributed by atoms with E-state index in [0.29, 0.717) is 0 Å². The van der Waals surface area contributed by atoms with Crippen LogP contribution in [0.3, 0.4) is 0 Å². The maximum atomic E-state index is 10.9. The lowest BCUT2D eigenvalue weighted by molar-refractivity contribution is -0.359. The van der Waals surface area contributed by atoms with Crippen molar-refractivity contribution >= 4 is 0 Å². The summed E-state index contributed by atoms with van der Waals surface area (Å²) in [4.78, 5) is 2.50. The maximum Gasteiger partial charge on any atom is 0.201 e. The van der Waals surface area contributed by atoms with Crippen LogP contribution in [0.1, 0.15) is 0 Å². The van der Waals surface area contributed by atoms with E-state index in [-0.39, 0.29) is 0 Å². The fourth-order valence-corrected chi connectivity index (χ4v) is 4.38. The van der Waals surface area contributed by atoms with Crippen LogP contribution in [-0.4, -0.2) is 152 Å². The molecule has 0 aliphatic carbocycles. The molecule has 0 radical (unpaired) electrons. The summed E-state index contributed by atoms with van der Waals surface area (Å²) in [5.74, 6) is 0. The Bertz CT molecular complexity index is 808. The van der Waals surface area contributed by atoms with Gasteiger partial charge in [-0.1, -0.05) is 5.11 Å². The van der Waals surface area contributed by atoms with Crippen molar-refractivity contribution in [2.24, 2.45) is 22.3 Å². The van der Waals surface area contributed by atoms with Crippen LogP contribution >= 0.6 is 0 Å². The molecular weight excluding hydrogens is 508 g/mol. The van der Waals surface area contributed by atoms with Crippen LogP contribution in [0.15, 0.2) is 5.11 Å². The number of rotatable bonds is 8. The van der Waals surface area contributed by atoms with Gasteiger partial charge in [-0.25, -0.2) is 0 Å². The van der Waals surface area contributed by atoms with Gasteiger partial charge in [0, 0.05) is 4.91 Å². The Balaban J connectivity index is 1.78. The van der Waals surface area contributed by atoms with Crippen LogP contribution in [0.25, 0.3) is 10.4 Å². The van der Waals surface area contributed by atoms with E-state index >= 15 is 0 Å². The summed E-state index contributed by atoms with van der Waals surface area (Å²) in [5.41, 5.74) is 24.1. The molecule has 3 heterocycles. The molecule has 0 bridgehead atoms. The Kier molecular flexibility index (Phi) is 9.99. The molecule has 3 rings (SSSR count). The minimum atomic E-state index is -2.38. The SMILES string of the molecule is [N-]=[N+]=N[C@]1(CO)O[C@H](OC2[C@@H](CO)O[C@@H](OC3[C@@H](CO)O[C@@H](O)[C@H](N)[C@H]3O)[C@H](N)[C@H]2O)[C@H](N)[C@@H](O)[C@@H]1O. The lowest BCUT2D eigenvalue weighted by Crippen LogP contribution is -2.71. The van der Waals surface area contributed by atoms with Gasteiger partial charge in [-0.3, -0.25) is 0 Å². The molecule has 3 fully saturated rings. The van der Waals surface area contributed by atoms with Gasteiger partial charge in [0.25, 0.3) is 0 Å². The molecule has 19 nitrogen and oxygen atoms in total. The van der Waals surface area contributed by atoms with E-state index in [1.54, 1.807) is 0 Å². The van der Waals surface area contributed by atoms with Crippen LogP contribution in [0.2, 0.25) is 0 Å². The van der Waals surface area contributed by atoms with Crippen molar-refractivity contribution in [1.29, 1.82) is 0 Å². The molecule has 0 spiro atoms. The third-order valence-corrected chi connectivity index (χ3v) is 6.66. The van der Waals surface area contributed by atoms with E-state index in [0.717, 1.165) is 0 Å². The molecule has 37 heavy (non-hydrogen) atoms. The molecule has 0 aromatic heterocycles. The third-order valence-electron chi connectivity index (χ3n) is 6.66. The first-order chi connectivity index (χ1) is 17.5. The molecule has 3 aliphatic heterocycles. The summed E-state index contributed by atoms with van der Waals surface area (Å²) in [6, 6.07) is -4.21. The van der Waals surface area contributed by atoms with Crippen molar-refractivity contribution in [1.82, 2.24) is 0 Å². The molecule has 19 heteroatoms. The molecule has 214 valence electrons. The quantitative estimate of drug-likeness (QED) is 0.0770. The Morgan fingerprint density at radius 2 is 1.30 bits per heavy atom. The van der Waals surface area contributed by atoms with E-state index in [4.69, 9.17) is 46.4 Å². The molecule has 0 saturated carbocycles. The lowest BCUT2D eigenvalue weighted by atomic mass is 9.92. The average Bonchev–Trinajstić information content (AvgIpc) is 2.89. The van der Waals surface area contributed by atoms with Gasteiger partial charge in [-0.2, -0.15) is 0 Å². The van der Waals surface area contributed by atoms with Crippen molar-refractivity contribution < 1.29 is 64.5 Å². The molecule has 0 aromatic rings. The smallest absolute Gasteiger partial charge is 0.201 e. The molecule has 3 aliphatic rings. The largest absolute Gasteiger partial charge is 0.394 e. The monoisotopic (exact) mass is 542 g/mol. The number of ether oxygens (including phenoxy) is 5. The summed E-state index contributed by atoms with van der Waals surface area (Å²) in [5, 5.41) is 83.9. The van der Waals surface area contributed by atoms with E-state index in [2.05, 4.69) is 10.0 Å². The molecule has 0 aromatic carbocycles. The second-order valence-electron chi connectivity index (χ2n) is 9.00. The number of aliphatic hydroxyl groups is 8. The summed E-state index contributed by atoms with van der Waals surface area (Å²) in [6.07, 6.45) is -17.2. The summed E-state index contributed by atoms with van der Waals surface area (Å²) < 4.78 is 27.4. The average molecular weight is 542 g/mol. The minimum Gasteiger partial charge on any atom is -0.394 e. The fraction of sp³-hybridized carbons (Fsp3) is 1.00. The van der Waals surface area contributed by atoms with Gasteiger partial charge in [-0.15, -0.1) is 0 Å².